The molecule has 0 N–H and O–H groups in total. The van der Waals surface area contributed by atoms with Gasteiger partial charge in [-0.15, -0.1) is 0 Å². The smallest absolute Gasteiger partial charge is 0.232 e. The van der Waals surface area contributed by atoms with Crippen molar-refractivity contribution in [3.05, 3.63) is 35.0 Å². The molecule has 0 radical (unpaired) electrons. The zero-order valence-electron chi connectivity index (χ0n) is 26.0. The van der Waals surface area contributed by atoms with Gasteiger partial charge in [0.1, 0.15) is 6.07 Å². The van der Waals surface area contributed by atoms with E-state index in [2.05, 4.69) is 52.8 Å². The van der Waals surface area contributed by atoms with Crippen LogP contribution in [0.5, 0.6) is 0 Å². The second-order valence-corrected chi connectivity index (χ2v) is 15.8. The summed E-state index contributed by atoms with van der Waals surface area (Å²) in [5, 5.41) is 14.1. The molecular formula is C34H47N3O3. The van der Waals surface area contributed by atoms with Gasteiger partial charge in [-0.05, 0) is 86.5 Å². The summed E-state index contributed by atoms with van der Waals surface area (Å²) >= 11 is 0. The molecule has 40 heavy (non-hydrogen) atoms. The number of aromatic nitrogens is 2. The highest BCUT2D eigenvalue weighted by atomic mass is 16.5. The maximum absolute atomic E-state index is 14.3. The molecule has 4 aliphatic rings. The Morgan fingerprint density at radius 3 is 2.23 bits per heavy atom. The van der Waals surface area contributed by atoms with Gasteiger partial charge in [0.2, 0.25) is 5.89 Å². The topological polar surface area (TPSA) is 96.9 Å². The molecule has 0 aromatic carbocycles. The first-order valence-electron chi connectivity index (χ1n) is 15.2. The zero-order valence-corrected chi connectivity index (χ0v) is 26.0. The molecule has 0 aliphatic heterocycles. The van der Waals surface area contributed by atoms with Crippen LogP contribution in [0.15, 0.2) is 27.8 Å². The summed E-state index contributed by atoms with van der Waals surface area (Å²) in [6, 6.07) is 2.20. The molecule has 6 heteroatoms. The van der Waals surface area contributed by atoms with Crippen molar-refractivity contribution in [2.45, 2.75) is 119 Å². The minimum atomic E-state index is -0.660. The Balaban J connectivity index is 1.66. The molecule has 0 spiro atoms. The maximum atomic E-state index is 14.3. The lowest BCUT2D eigenvalue weighted by Gasteiger charge is -2.65. The van der Waals surface area contributed by atoms with Crippen molar-refractivity contribution in [2.24, 2.45) is 38.9 Å². The minimum Gasteiger partial charge on any atom is -0.339 e. The van der Waals surface area contributed by atoms with E-state index in [0.717, 1.165) is 56.9 Å². The van der Waals surface area contributed by atoms with Crippen LogP contribution in [-0.2, 0) is 15.0 Å². The summed E-state index contributed by atoms with van der Waals surface area (Å²) in [6.45, 7) is 19.7. The lowest BCUT2D eigenvalue weighted by molar-refractivity contribution is -0.139. The van der Waals surface area contributed by atoms with Gasteiger partial charge in [-0.25, -0.2) is 0 Å². The van der Waals surface area contributed by atoms with E-state index in [-0.39, 0.29) is 50.6 Å². The minimum absolute atomic E-state index is 0.0435. The molecule has 0 amide bonds. The lowest BCUT2D eigenvalue weighted by Crippen LogP contribution is -2.60. The summed E-state index contributed by atoms with van der Waals surface area (Å²) in [6.07, 6.45) is 11.3. The fourth-order valence-corrected chi connectivity index (χ4v) is 9.34. The summed E-state index contributed by atoms with van der Waals surface area (Å²) in [5.41, 5.74) is -0.565. The van der Waals surface area contributed by atoms with E-state index in [0.29, 0.717) is 11.7 Å². The predicted octanol–water partition coefficient (Wildman–Crippen LogP) is 7.63. The van der Waals surface area contributed by atoms with Crippen molar-refractivity contribution < 1.29 is 14.1 Å². The predicted molar refractivity (Wildman–Crippen MR) is 154 cm³/mol. The van der Waals surface area contributed by atoms with Gasteiger partial charge >= 0.3 is 0 Å². The Labute approximate surface area is 240 Å². The number of carbonyl (C=O) groups is 2. The molecule has 6 nitrogen and oxygen atoms in total. The van der Waals surface area contributed by atoms with Crippen LogP contribution >= 0.6 is 0 Å². The zero-order chi connectivity index (χ0) is 29.5. The van der Waals surface area contributed by atoms with Gasteiger partial charge in [-0.2, -0.15) is 10.2 Å². The van der Waals surface area contributed by atoms with Crippen LogP contribution in [0.4, 0.5) is 0 Å². The molecule has 5 rings (SSSR count). The van der Waals surface area contributed by atoms with Crippen LogP contribution in [0.3, 0.4) is 0 Å². The number of nitriles is 1. The summed E-state index contributed by atoms with van der Waals surface area (Å²) in [4.78, 5) is 32.3. The Morgan fingerprint density at radius 1 is 0.925 bits per heavy atom. The number of allylic oxidation sites excluding steroid dienone is 4. The van der Waals surface area contributed by atoms with Crippen molar-refractivity contribution in [3.63, 3.8) is 0 Å². The standard InChI is InChI=1S/C34H47N3O3/c1-21-36-28(40-37-21)31(6)15-14-29(2,3)12-10-23-24(38)18-26-32(7)19-22(20-35)27(39)30(4,5)25(32)11-13-34(26,9)33(23,8)17-16-31/h18-19,23,25H,10-17H2,1-9H3/t23?,25-,31-,32-,33+,34+/m0/s1. The lowest BCUT2D eigenvalue weighted by atomic mass is 9.38. The third-order valence-electron chi connectivity index (χ3n) is 12.5. The van der Waals surface area contributed by atoms with Gasteiger partial charge in [0.05, 0.1) is 5.57 Å². The Hall–Kier alpha value is -2.55. The molecule has 216 valence electrons. The highest BCUT2D eigenvalue weighted by molar-refractivity contribution is 6.04. The monoisotopic (exact) mass is 545 g/mol. The second kappa shape index (κ2) is 8.97. The van der Waals surface area contributed by atoms with Crippen LogP contribution in [-0.4, -0.2) is 21.7 Å². The van der Waals surface area contributed by atoms with Gasteiger partial charge in [0, 0.05) is 22.2 Å². The van der Waals surface area contributed by atoms with Crippen molar-refractivity contribution in [3.8, 4) is 6.07 Å². The normalized spacial score (nSPS) is 41.0. The highest BCUT2D eigenvalue weighted by Gasteiger charge is 2.65. The van der Waals surface area contributed by atoms with Crippen LogP contribution in [0.25, 0.3) is 0 Å². The molecule has 4 aliphatic carbocycles. The Bertz CT molecular complexity index is 1360. The molecule has 0 saturated heterocycles. The fourth-order valence-electron chi connectivity index (χ4n) is 9.34. The molecule has 6 atom stereocenters. The fraction of sp³-hybridized carbons (Fsp3) is 0.735. The van der Waals surface area contributed by atoms with Gasteiger partial charge in [-0.1, -0.05) is 72.2 Å². The van der Waals surface area contributed by atoms with Crippen molar-refractivity contribution in [2.75, 3.05) is 0 Å². The van der Waals surface area contributed by atoms with Crippen LogP contribution in [0, 0.1) is 57.2 Å². The van der Waals surface area contributed by atoms with Crippen LogP contribution < -0.4 is 0 Å². The average molecular weight is 546 g/mol. The molecule has 1 aromatic rings. The van der Waals surface area contributed by atoms with E-state index in [1.165, 1.54) is 0 Å². The number of Topliss-reactive ketones (excluding diaryl/α,β-unsaturated/α-hetero) is 1. The number of rotatable bonds is 1. The van der Waals surface area contributed by atoms with E-state index in [9.17, 15) is 14.9 Å². The third-order valence-corrected chi connectivity index (χ3v) is 12.5. The Kier molecular flexibility index (Phi) is 6.50. The van der Waals surface area contributed by atoms with Gasteiger partial charge in [-0.3, -0.25) is 9.59 Å². The average Bonchev–Trinajstić information content (AvgIpc) is 3.32. The molecule has 1 heterocycles. The molecule has 2 saturated carbocycles. The maximum Gasteiger partial charge on any atom is 0.232 e. The Morgan fingerprint density at radius 2 is 1.60 bits per heavy atom. The van der Waals surface area contributed by atoms with Crippen molar-refractivity contribution in [1.82, 2.24) is 10.1 Å². The van der Waals surface area contributed by atoms with Crippen LogP contribution in [0.2, 0.25) is 0 Å². The third kappa shape index (κ3) is 4.01. The molecule has 2 fully saturated rings. The summed E-state index contributed by atoms with van der Waals surface area (Å²) < 4.78 is 5.80. The van der Waals surface area contributed by atoms with E-state index in [1.807, 2.05) is 32.9 Å². The molecule has 1 unspecified atom stereocenters. The van der Waals surface area contributed by atoms with Gasteiger partial charge in [0.25, 0.3) is 0 Å². The number of hydrogen-bond acceptors (Lipinski definition) is 6. The van der Waals surface area contributed by atoms with Gasteiger partial charge < -0.3 is 4.52 Å². The molecular weight excluding hydrogens is 498 g/mol. The number of hydrogen-bond donors (Lipinski definition) is 0. The second-order valence-electron chi connectivity index (χ2n) is 15.8. The van der Waals surface area contributed by atoms with E-state index < -0.39 is 10.8 Å². The first-order valence-corrected chi connectivity index (χ1v) is 15.2. The largest absolute Gasteiger partial charge is 0.339 e. The summed E-state index contributed by atoms with van der Waals surface area (Å²) in [7, 11) is 0. The molecule has 1 aromatic heterocycles. The van der Waals surface area contributed by atoms with E-state index in [1.54, 1.807) is 0 Å². The number of fused-ring (bicyclic) bond motifs is 5. The van der Waals surface area contributed by atoms with Crippen LogP contribution in [0.1, 0.15) is 118 Å². The van der Waals surface area contributed by atoms with Crippen molar-refractivity contribution >= 4 is 11.6 Å². The SMILES string of the molecule is Cc1noc([C@@]2(C)CCC(C)(C)CCC3C(=O)C=C4[C@@]5(C)C=C(C#N)C(=O)C(C)(C)[C@@H]5CC[C@@]4(C)[C@]3(C)CC2)n1. The van der Waals surface area contributed by atoms with E-state index in [4.69, 9.17) is 9.51 Å². The van der Waals surface area contributed by atoms with E-state index >= 15 is 0 Å². The molecule has 0 bridgehead atoms. The number of nitrogens with zero attached hydrogens (tertiary/aromatic N) is 3. The number of carbonyl (C=O) groups excluding carboxylic acids is 2. The highest BCUT2D eigenvalue weighted by Crippen LogP contribution is 2.70. The summed E-state index contributed by atoms with van der Waals surface area (Å²) in [5.74, 6) is 1.47. The number of ketones is 2. The van der Waals surface area contributed by atoms with Crippen molar-refractivity contribution in [1.29, 1.82) is 5.26 Å². The number of aryl methyl sites for hydroxylation is 1. The van der Waals surface area contributed by atoms with Gasteiger partial charge in [0.15, 0.2) is 17.4 Å². The first kappa shape index (κ1) is 29.0. The first-order chi connectivity index (χ1) is 18.4. The quantitative estimate of drug-likeness (QED) is 0.360.